The fourth-order valence-electron chi connectivity index (χ4n) is 2.67. The zero-order valence-corrected chi connectivity index (χ0v) is 12.4. The normalized spacial score (nSPS) is 13.1. The van der Waals surface area contributed by atoms with E-state index in [1.54, 1.807) is 30.3 Å². The molecule has 1 heterocycles. The van der Waals surface area contributed by atoms with Crippen molar-refractivity contribution in [2.24, 2.45) is 0 Å². The predicted octanol–water partition coefficient (Wildman–Crippen LogP) is 4.12. The number of aliphatic carboxylic acids is 1. The fourth-order valence-corrected chi connectivity index (χ4v) is 2.67. The van der Waals surface area contributed by atoms with Crippen molar-refractivity contribution >= 4 is 17.0 Å². The molecule has 1 aromatic heterocycles. The Kier molecular flexibility index (Phi) is 4.01. The fraction of sp³-hybridized carbons (Fsp3) is 0.176. The molecule has 0 spiro atoms. The van der Waals surface area contributed by atoms with E-state index in [1.165, 1.54) is 17.0 Å². The summed E-state index contributed by atoms with van der Waals surface area (Å²) < 4.78 is 40.4. The molecule has 24 heavy (non-hydrogen) atoms. The number of benzene rings is 2. The van der Waals surface area contributed by atoms with Gasteiger partial charge in [0.15, 0.2) is 0 Å². The van der Waals surface area contributed by atoms with Crippen LogP contribution in [0.4, 0.5) is 13.2 Å². The first-order valence-electron chi connectivity index (χ1n) is 7.17. The highest BCUT2D eigenvalue weighted by Gasteiger charge is 2.31. The highest BCUT2D eigenvalue weighted by molar-refractivity contribution is 5.77. The molecule has 0 amide bonds. The zero-order valence-electron chi connectivity index (χ0n) is 12.4. The van der Waals surface area contributed by atoms with E-state index in [1.807, 2.05) is 0 Å². The van der Waals surface area contributed by atoms with E-state index in [0.29, 0.717) is 11.1 Å². The summed E-state index contributed by atoms with van der Waals surface area (Å²) in [7, 11) is 0. The average Bonchev–Trinajstić information content (AvgIpc) is 2.95. The number of carboxylic acids is 1. The molecule has 3 rings (SSSR count). The van der Waals surface area contributed by atoms with Crippen LogP contribution in [0.2, 0.25) is 0 Å². The molecule has 1 atom stereocenters. The van der Waals surface area contributed by atoms with Crippen molar-refractivity contribution in [3.05, 3.63) is 66.0 Å². The molecule has 3 aromatic rings. The van der Waals surface area contributed by atoms with Gasteiger partial charge in [-0.3, -0.25) is 4.79 Å². The van der Waals surface area contributed by atoms with Gasteiger partial charge < -0.3 is 9.67 Å². The number of hydrogen-bond acceptors (Lipinski definition) is 2. The van der Waals surface area contributed by atoms with Gasteiger partial charge in [-0.05, 0) is 23.8 Å². The van der Waals surface area contributed by atoms with Crippen LogP contribution >= 0.6 is 0 Å². The number of rotatable bonds is 4. The van der Waals surface area contributed by atoms with Crippen molar-refractivity contribution in [3.63, 3.8) is 0 Å². The summed E-state index contributed by atoms with van der Waals surface area (Å²) in [6, 6.07) is 11.4. The van der Waals surface area contributed by atoms with Crippen LogP contribution in [0.3, 0.4) is 0 Å². The van der Waals surface area contributed by atoms with E-state index in [9.17, 15) is 23.1 Å². The third-order valence-corrected chi connectivity index (χ3v) is 3.79. The van der Waals surface area contributed by atoms with Crippen LogP contribution in [0, 0.1) is 0 Å². The topological polar surface area (TPSA) is 55.1 Å². The molecule has 0 saturated heterocycles. The number of hydrogen-bond donors (Lipinski definition) is 1. The Labute approximate surface area is 135 Å². The van der Waals surface area contributed by atoms with Crippen LogP contribution in [0.15, 0.2) is 54.9 Å². The number of imidazole rings is 1. The standard InChI is InChI=1S/C17H13F3N2O2/c18-17(19,20)12-6-7-13-15(8-12)22(10-21-13)14(9-16(23)24)11-4-2-1-3-5-11/h1-8,10,14H,9H2,(H,23,24). The van der Waals surface area contributed by atoms with Gasteiger partial charge in [0.2, 0.25) is 0 Å². The number of halogens is 3. The number of alkyl halides is 3. The smallest absolute Gasteiger partial charge is 0.416 e. The van der Waals surface area contributed by atoms with Gasteiger partial charge in [-0.1, -0.05) is 30.3 Å². The van der Waals surface area contributed by atoms with Gasteiger partial charge in [0.05, 0.1) is 35.4 Å². The van der Waals surface area contributed by atoms with Gasteiger partial charge >= 0.3 is 12.1 Å². The molecule has 124 valence electrons. The summed E-state index contributed by atoms with van der Waals surface area (Å²) in [5.41, 5.74) is 0.532. The van der Waals surface area contributed by atoms with Crippen molar-refractivity contribution in [1.82, 2.24) is 9.55 Å². The SMILES string of the molecule is O=C(O)CC(c1ccccc1)n1cnc2ccc(C(F)(F)F)cc21. The van der Waals surface area contributed by atoms with Crippen molar-refractivity contribution in [3.8, 4) is 0 Å². The molecule has 0 radical (unpaired) electrons. The van der Waals surface area contributed by atoms with Gasteiger partial charge in [-0.2, -0.15) is 13.2 Å². The van der Waals surface area contributed by atoms with Crippen LogP contribution in [-0.2, 0) is 11.0 Å². The third-order valence-electron chi connectivity index (χ3n) is 3.79. The molecule has 0 bridgehead atoms. The number of aromatic nitrogens is 2. The minimum Gasteiger partial charge on any atom is -0.481 e. The summed E-state index contributed by atoms with van der Waals surface area (Å²) in [4.78, 5) is 15.3. The molecule has 4 nitrogen and oxygen atoms in total. The maximum absolute atomic E-state index is 13.0. The lowest BCUT2D eigenvalue weighted by Crippen LogP contribution is -2.14. The third kappa shape index (κ3) is 3.10. The number of fused-ring (bicyclic) bond motifs is 1. The van der Waals surface area contributed by atoms with Crippen molar-refractivity contribution < 1.29 is 23.1 Å². The van der Waals surface area contributed by atoms with E-state index in [4.69, 9.17) is 0 Å². The largest absolute Gasteiger partial charge is 0.481 e. The molecule has 0 aliphatic carbocycles. The molecule has 0 aliphatic heterocycles. The highest BCUT2D eigenvalue weighted by atomic mass is 19.4. The Morgan fingerprint density at radius 3 is 2.50 bits per heavy atom. The van der Waals surface area contributed by atoms with E-state index in [2.05, 4.69) is 4.98 Å². The summed E-state index contributed by atoms with van der Waals surface area (Å²) in [6.45, 7) is 0. The minimum absolute atomic E-state index is 0.250. The van der Waals surface area contributed by atoms with Crippen molar-refractivity contribution in [2.45, 2.75) is 18.6 Å². The van der Waals surface area contributed by atoms with Crippen LogP contribution in [0.25, 0.3) is 11.0 Å². The molecule has 0 fully saturated rings. The zero-order chi connectivity index (χ0) is 17.3. The highest BCUT2D eigenvalue weighted by Crippen LogP contribution is 2.33. The van der Waals surface area contributed by atoms with Gasteiger partial charge in [-0.15, -0.1) is 0 Å². The second-order valence-electron chi connectivity index (χ2n) is 5.38. The number of nitrogens with zero attached hydrogens (tertiary/aromatic N) is 2. The Morgan fingerprint density at radius 1 is 1.17 bits per heavy atom. The Hall–Kier alpha value is -2.83. The van der Waals surface area contributed by atoms with Crippen LogP contribution in [0.5, 0.6) is 0 Å². The summed E-state index contributed by atoms with van der Waals surface area (Å²) in [6.07, 6.45) is -3.35. The second-order valence-corrected chi connectivity index (χ2v) is 5.38. The van der Waals surface area contributed by atoms with E-state index >= 15 is 0 Å². The van der Waals surface area contributed by atoms with E-state index < -0.39 is 23.8 Å². The number of carbonyl (C=O) groups is 1. The number of carboxylic acid groups (broad SMARTS) is 1. The molecule has 7 heteroatoms. The Morgan fingerprint density at radius 2 is 1.88 bits per heavy atom. The maximum Gasteiger partial charge on any atom is 0.416 e. The molecular formula is C17H13F3N2O2. The molecule has 1 unspecified atom stereocenters. The van der Waals surface area contributed by atoms with Crippen LogP contribution in [-0.4, -0.2) is 20.6 Å². The van der Waals surface area contributed by atoms with E-state index in [0.717, 1.165) is 12.1 Å². The van der Waals surface area contributed by atoms with Gasteiger partial charge in [0.25, 0.3) is 0 Å². The summed E-state index contributed by atoms with van der Waals surface area (Å²) in [5, 5.41) is 9.19. The Balaban J connectivity index is 2.15. The quantitative estimate of drug-likeness (QED) is 0.781. The average molecular weight is 334 g/mol. The Bertz CT molecular complexity index is 872. The second kappa shape index (κ2) is 5.99. The summed E-state index contributed by atoms with van der Waals surface area (Å²) in [5.74, 6) is -1.04. The van der Waals surface area contributed by atoms with Crippen LogP contribution < -0.4 is 0 Å². The lowest BCUT2D eigenvalue weighted by Gasteiger charge is -2.18. The molecule has 0 saturated carbocycles. The van der Waals surface area contributed by atoms with Gasteiger partial charge in [0, 0.05) is 0 Å². The van der Waals surface area contributed by atoms with Gasteiger partial charge in [0.1, 0.15) is 0 Å². The van der Waals surface area contributed by atoms with Gasteiger partial charge in [-0.25, -0.2) is 4.98 Å². The lowest BCUT2D eigenvalue weighted by atomic mass is 10.0. The first-order chi connectivity index (χ1) is 11.4. The molecular weight excluding hydrogens is 321 g/mol. The lowest BCUT2D eigenvalue weighted by molar-refractivity contribution is -0.138. The first-order valence-corrected chi connectivity index (χ1v) is 7.17. The molecule has 1 N–H and O–H groups in total. The monoisotopic (exact) mass is 334 g/mol. The van der Waals surface area contributed by atoms with Crippen LogP contribution in [0.1, 0.15) is 23.6 Å². The molecule has 0 aliphatic rings. The molecule has 2 aromatic carbocycles. The predicted molar refractivity (Wildman–Crippen MR) is 81.6 cm³/mol. The summed E-state index contributed by atoms with van der Waals surface area (Å²) >= 11 is 0. The van der Waals surface area contributed by atoms with E-state index in [-0.39, 0.29) is 11.9 Å². The maximum atomic E-state index is 13.0. The first kappa shape index (κ1) is 16.0. The minimum atomic E-state index is -4.47. The van der Waals surface area contributed by atoms with Crippen molar-refractivity contribution in [1.29, 1.82) is 0 Å². The van der Waals surface area contributed by atoms with Crippen molar-refractivity contribution in [2.75, 3.05) is 0 Å².